The van der Waals surface area contributed by atoms with Crippen molar-refractivity contribution in [2.45, 2.75) is 47.5 Å². The molecule has 1 aliphatic heterocycles. The highest BCUT2D eigenvalue weighted by Gasteiger charge is 2.16. The molecule has 1 heterocycles. The first-order valence-corrected chi connectivity index (χ1v) is 11.1. The van der Waals surface area contributed by atoms with Crippen molar-refractivity contribution in [3.8, 4) is 5.75 Å². The van der Waals surface area contributed by atoms with Crippen molar-refractivity contribution < 1.29 is 9.47 Å². The highest BCUT2D eigenvalue weighted by molar-refractivity contribution is 5.27. The van der Waals surface area contributed by atoms with Crippen LogP contribution >= 0.6 is 0 Å². The van der Waals surface area contributed by atoms with E-state index in [1.807, 2.05) is 0 Å². The van der Waals surface area contributed by atoms with Crippen LogP contribution in [0.4, 0.5) is 0 Å². The molecule has 1 aromatic carbocycles. The molecule has 1 fully saturated rings. The number of rotatable bonds is 11. The highest BCUT2D eigenvalue weighted by Crippen LogP contribution is 2.22. The molecule has 4 heteroatoms. The van der Waals surface area contributed by atoms with Crippen LogP contribution in [-0.4, -0.2) is 68.9 Å². The Morgan fingerprint density at radius 3 is 1.96 bits per heavy atom. The zero-order chi connectivity index (χ0) is 20.4. The first kappa shape index (κ1) is 23.2. The minimum absolute atomic E-state index is 0.324. The van der Waals surface area contributed by atoms with Crippen LogP contribution in [0.15, 0.2) is 24.3 Å². The van der Waals surface area contributed by atoms with Crippen molar-refractivity contribution in [2.75, 3.05) is 59.1 Å². The molecule has 4 nitrogen and oxygen atoms in total. The highest BCUT2D eigenvalue weighted by atomic mass is 16.5. The van der Waals surface area contributed by atoms with Crippen LogP contribution in [0.1, 0.15) is 46.6 Å². The topological polar surface area (TPSA) is 24.9 Å². The van der Waals surface area contributed by atoms with Crippen molar-refractivity contribution in [3.63, 3.8) is 0 Å². The van der Waals surface area contributed by atoms with E-state index in [-0.39, 0.29) is 0 Å². The molecule has 1 aliphatic rings. The maximum atomic E-state index is 5.96. The predicted octanol–water partition coefficient (Wildman–Crippen LogP) is 4.33. The van der Waals surface area contributed by atoms with E-state index in [2.05, 4.69) is 68.7 Å². The normalized spacial score (nSPS) is 16.6. The van der Waals surface area contributed by atoms with E-state index in [9.17, 15) is 0 Å². The summed E-state index contributed by atoms with van der Waals surface area (Å²) in [7, 11) is 0. The van der Waals surface area contributed by atoms with E-state index >= 15 is 0 Å². The van der Waals surface area contributed by atoms with Crippen LogP contribution in [0, 0.1) is 11.3 Å². The zero-order valence-corrected chi connectivity index (χ0v) is 18.9. The minimum atomic E-state index is 0.324. The molecule has 0 N–H and O–H groups in total. The Labute approximate surface area is 173 Å². The molecule has 0 bridgehead atoms. The van der Waals surface area contributed by atoms with Crippen molar-refractivity contribution in [1.82, 2.24) is 9.80 Å². The number of piperazine rings is 1. The molecule has 0 amide bonds. The molecule has 0 aromatic heterocycles. The molecule has 0 spiro atoms. The second kappa shape index (κ2) is 11.8. The lowest BCUT2D eigenvalue weighted by molar-refractivity contribution is 0.0676. The van der Waals surface area contributed by atoms with Crippen LogP contribution in [0.3, 0.4) is 0 Å². The van der Waals surface area contributed by atoms with Gasteiger partial charge in [-0.1, -0.05) is 46.8 Å². The number of benzene rings is 1. The molecule has 0 unspecified atom stereocenters. The van der Waals surface area contributed by atoms with Crippen LogP contribution in [0.5, 0.6) is 5.75 Å². The minimum Gasteiger partial charge on any atom is -0.492 e. The summed E-state index contributed by atoms with van der Waals surface area (Å²) in [5.74, 6) is 1.71. The number of hydrogen-bond acceptors (Lipinski definition) is 4. The van der Waals surface area contributed by atoms with Gasteiger partial charge in [0.15, 0.2) is 0 Å². The van der Waals surface area contributed by atoms with Crippen LogP contribution in [0.25, 0.3) is 0 Å². The van der Waals surface area contributed by atoms with E-state index in [0.29, 0.717) is 5.41 Å². The van der Waals surface area contributed by atoms with Crippen LogP contribution in [-0.2, 0) is 11.2 Å². The van der Waals surface area contributed by atoms with Crippen molar-refractivity contribution in [1.29, 1.82) is 0 Å². The van der Waals surface area contributed by atoms with Gasteiger partial charge in [0.1, 0.15) is 12.4 Å². The Kier molecular flexibility index (Phi) is 9.76. The molecule has 0 saturated carbocycles. The van der Waals surface area contributed by atoms with Gasteiger partial charge < -0.3 is 9.47 Å². The molecule has 2 rings (SSSR count). The molecule has 28 heavy (non-hydrogen) atoms. The summed E-state index contributed by atoms with van der Waals surface area (Å²) in [5.41, 5.74) is 1.70. The number of hydrogen-bond donors (Lipinski definition) is 0. The fourth-order valence-corrected chi connectivity index (χ4v) is 3.46. The van der Waals surface area contributed by atoms with E-state index in [4.69, 9.17) is 9.47 Å². The Morgan fingerprint density at radius 2 is 1.43 bits per heavy atom. The van der Waals surface area contributed by atoms with Gasteiger partial charge in [0.2, 0.25) is 0 Å². The van der Waals surface area contributed by atoms with Crippen molar-refractivity contribution >= 4 is 0 Å². The number of nitrogens with zero attached hydrogens (tertiary/aromatic N) is 2. The van der Waals surface area contributed by atoms with Gasteiger partial charge >= 0.3 is 0 Å². The molecular formula is C24H42N2O2. The van der Waals surface area contributed by atoms with Gasteiger partial charge in [-0.15, -0.1) is 0 Å². The summed E-state index contributed by atoms with van der Waals surface area (Å²) in [6.45, 7) is 20.4. The van der Waals surface area contributed by atoms with E-state index < -0.39 is 0 Å². The lowest BCUT2D eigenvalue weighted by Crippen LogP contribution is -2.48. The Bertz CT molecular complexity index is 529. The van der Waals surface area contributed by atoms with Crippen molar-refractivity contribution in [2.24, 2.45) is 11.3 Å². The van der Waals surface area contributed by atoms with Gasteiger partial charge in [0.25, 0.3) is 0 Å². The van der Waals surface area contributed by atoms with Gasteiger partial charge in [-0.2, -0.15) is 0 Å². The maximum Gasteiger partial charge on any atom is 0.119 e. The Hall–Kier alpha value is -1.10. The van der Waals surface area contributed by atoms with Crippen LogP contribution < -0.4 is 4.74 Å². The second-order valence-corrected chi connectivity index (χ2v) is 9.71. The summed E-state index contributed by atoms with van der Waals surface area (Å²) < 4.78 is 11.7. The van der Waals surface area contributed by atoms with E-state index in [1.54, 1.807) is 0 Å². The average Bonchev–Trinajstić information content (AvgIpc) is 2.63. The predicted molar refractivity (Wildman–Crippen MR) is 118 cm³/mol. The smallest absolute Gasteiger partial charge is 0.119 e. The summed E-state index contributed by atoms with van der Waals surface area (Å²) in [6.07, 6.45) is 2.26. The van der Waals surface area contributed by atoms with E-state index in [0.717, 1.165) is 83.6 Å². The summed E-state index contributed by atoms with van der Waals surface area (Å²) >= 11 is 0. The zero-order valence-electron chi connectivity index (χ0n) is 18.9. The first-order valence-electron chi connectivity index (χ1n) is 11.1. The fraction of sp³-hybridized carbons (Fsp3) is 0.750. The molecule has 0 radical (unpaired) electrons. The van der Waals surface area contributed by atoms with Gasteiger partial charge in [0, 0.05) is 45.9 Å². The lowest BCUT2D eigenvalue weighted by atomic mass is 9.88. The molecule has 0 aliphatic carbocycles. The summed E-state index contributed by atoms with van der Waals surface area (Å²) in [5, 5.41) is 0. The molecule has 1 aromatic rings. The van der Waals surface area contributed by atoms with Crippen LogP contribution in [0.2, 0.25) is 0 Å². The van der Waals surface area contributed by atoms with Gasteiger partial charge in [0.05, 0.1) is 6.61 Å². The average molecular weight is 391 g/mol. The standard InChI is InChI=1S/C24H42N2O2/c1-21(2)10-17-27-18-15-25-11-13-26(14-12-25)16-19-28-23-8-6-22(7-9-23)20-24(3,4)5/h6-9,21H,10-20H2,1-5H3. The summed E-state index contributed by atoms with van der Waals surface area (Å²) in [6, 6.07) is 8.61. The van der Waals surface area contributed by atoms with E-state index in [1.165, 1.54) is 5.56 Å². The Balaban J connectivity index is 1.55. The SMILES string of the molecule is CC(C)CCOCCN1CCN(CCOc2ccc(CC(C)(C)C)cc2)CC1. The first-order chi connectivity index (χ1) is 13.3. The number of ether oxygens (including phenoxy) is 2. The maximum absolute atomic E-state index is 5.96. The lowest BCUT2D eigenvalue weighted by Gasteiger charge is -2.34. The van der Waals surface area contributed by atoms with Gasteiger partial charge in [-0.25, -0.2) is 0 Å². The van der Waals surface area contributed by atoms with Gasteiger partial charge in [-0.3, -0.25) is 9.80 Å². The molecule has 1 saturated heterocycles. The molecular weight excluding hydrogens is 348 g/mol. The molecule has 160 valence electrons. The quantitative estimate of drug-likeness (QED) is 0.525. The van der Waals surface area contributed by atoms with Crippen molar-refractivity contribution in [3.05, 3.63) is 29.8 Å². The third kappa shape index (κ3) is 9.90. The van der Waals surface area contributed by atoms with Gasteiger partial charge in [-0.05, 0) is 41.9 Å². The third-order valence-electron chi connectivity index (χ3n) is 5.19. The fourth-order valence-electron chi connectivity index (χ4n) is 3.46. The third-order valence-corrected chi connectivity index (χ3v) is 5.19. The Morgan fingerprint density at radius 1 is 0.857 bits per heavy atom. The molecule has 0 atom stereocenters. The largest absolute Gasteiger partial charge is 0.492 e. The summed E-state index contributed by atoms with van der Waals surface area (Å²) in [4.78, 5) is 5.02. The second-order valence-electron chi connectivity index (χ2n) is 9.71. The monoisotopic (exact) mass is 390 g/mol.